The summed E-state index contributed by atoms with van der Waals surface area (Å²) in [6.45, 7) is 0.171. The van der Waals surface area contributed by atoms with Crippen LogP contribution in [0.3, 0.4) is 0 Å². The molecule has 3 nitrogen and oxygen atoms in total. The monoisotopic (exact) mass is 127 g/mol. The Balaban J connectivity index is 2.82. The molecule has 0 amide bonds. The molecular formula is C6H9NO2. The Bertz CT molecular complexity index is 172. The van der Waals surface area contributed by atoms with Crippen molar-refractivity contribution in [3.05, 3.63) is 11.3 Å². The van der Waals surface area contributed by atoms with E-state index in [1.54, 1.807) is 0 Å². The lowest BCUT2D eigenvalue weighted by molar-refractivity contribution is -0.114. The number of carbonyl (C=O) groups excluding carboxylic acids is 1. The van der Waals surface area contributed by atoms with Crippen LogP contribution < -0.4 is 5.73 Å². The number of allylic oxidation sites excluding steroid dienone is 1. The number of carbonyl (C=O) groups is 1. The van der Waals surface area contributed by atoms with Crippen LogP contribution in [0, 0.1) is 0 Å². The molecule has 1 aliphatic carbocycles. The Kier molecular flexibility index (Phi) is 1.53. The average molecular weight is 127 g/mol. The molecule has 0 spiro atoms. The van der Waals surface area contributed by atoms with E-state index in [1.807, 2.05) is 0 Å². The van der Waals surface area contributed by atoms with Crippen LogP contribution in [0.5, 0.6) is 0 Å². The van der Waals surface area contributed by atoms with Gasteiger partial charge in [-0.25, -0.2) is 0 Å². The second-order valence-corrected chi connectivity index (χ2v) is 2.05. The summed E-state index contributed by atoms with van der Waals surface area (Å²) in [7, 11) is 0. The highest BCUT2D eigenvalue weighted by Crippen LogP contribution is 2.18. The topological polar surface area (TPSA) is 63.3 Å². The smallest absolute Gasteiger partial charge is 0.163 e. The SMILES string of the molecule is NCC1=C(O)CCC1=O. The van der Waals surface area contributed by atoms with Gasteiger partial charge in [0.25, 0.3) is 0 Å². The Hall–Kier alpha value is -0.830. The fraction of sp³-hybridized carbons (Fsp3) is 0.500. The zero-order valence-electron chi connectivity index (χ0n) is 5.05. The van der Waals surface area contributed by atoms with Crippen molar-refractivity contribution in [1.82, 2.24) is 0 Å². The van der Waals surface area contributed by atoms with E-state index in [9.17, 15) is 4.79 Å². The van der Waals surface area contributed by atoms with Gasteiger partial charge in [0.15, 0.2) is 5.78 Å². The normalized spacial score (nSPS) is 19.4. The molecule has 0 aromatic carbocycles. The third-order valence-electron chi connectivity index (χ3n) is 1.48. The maximum atomic E-state index is 10.7. The van der Waals surface area contributed by atoms with Crippen molar-refractivity contribution in [1.29, 1.82) is 0 Å². The number of aliphatic hydroxyl groups is 1. The molecule has 3 N–H and O–H groups in total. The quantitative estimate of drug-likeness (QED) is 0.526. The van der Waals surface area contributed by atoms with Gasteiger partial charge in [-0.15, -0.1) is 0 Å². The molecule has 0 aromatic rings. The van der Waals surface area contributed by atoms with E-state index >= 15 is 0 Å². The summed E-state index contributed by atoms with van der Waals surface area (Å²) in [5.74, 6) is 0.178. The molecule has 0 atom stereocenters. The maximum absolute atomic E-state index is 10.7. The highest BCUT2D eigenvalue weighted by molar-refractivity contribution is 5.98. The van der Waals surface area contributed by atoms with Gasteiger partial charge in [-0.1, -0.05) is 0 Å². The molecule has 0 aromatic heterocycles. The van der Waals surface area contributed by atoms with E-state index in [-0.39, 0.29) is 18.1 Å². The molecule has 0 saturated carbocycles. The average Bonchev–Trinajstić information content (AvgIpc) is 2.12. The van der Waals surface area contributed by atoms with Gasteiger partial charge in [0.1, 0.15) is 5.76 Å². The molecule has 9 heavy (non-hydrogen) atoms. The van der Waals surface area contributed by atoms with Gasteiger partial charge < -0.3 is 10.8 Å². The lowest BCUT2D eigenvalue weighted by Gasteiger charge is -1.92. The molecule has 3 heteroatoms. The first kappa shape index (κ1) is 6.29. The Morgan fingerprint density at radius 2 is 2.22 bits per heavy atom. The second-order valence-electron chi connectivity index (χ2n) is 2.05. The highest BCUT2D eigenvalue weighted by Gasteiger charge is 2.20. The van der Waals surface area contributed by atoms with Crippen LogP contribution in [0.1, 0.15) is 12.8 Å². The lowest BCUT2D eigenvalue weighted by Crippen LogP contribution is -2.09. The molecule has 0 heterocycles. The molecule has 0 fully saturated rings. The molecule has 0 aliphatic heterocycles. The van der Waals surface area contributed by atoms with E-state index in [0.29, 0.717) is 18.4 Å². The first-order valence-corrected chi connectivity index (χ1v) is 2.90. The zero-order chi connectivity index (χ0) is 6.85. The van der Waals surface area contributed by atoms with Crippen molar-refractivity contribution in [2.45, 2.75) is 12.8 Å². The van der Waals surface area contributed by atoms with Crippen LogP contribution in [-0.2, 0) is 4.79 Å². The van der Waals surface area contributed by atoms with Crippen molar-refractivity contribution in [2.75, 3.05) is 6.54 Å². The van der Waals surface area contributed by atoms with Gasteiger partial charge in [-0.3, -0.25) is 4.79 Å². The molecule has 0 radical (unpaired) electrons. The minimum absolute atomic E-state index is 0.00463. The minimum Gasteiger partial charge on any atom is -0.512 e. The molecule has 0 bridgehead atoms. The predicted molar refractivity (Wildman–Crippen MR) is 33.0 cm³/mol. The number of rotatable bonds is 1. The number of hydrogen-bond donors (Lipinski definition) is 2. The fourth-order valence-corrected chi connectivity index (χ4v) is 0.926. The fourth-order valence-electron chi connectivity index (χ4n) is 0.926. The van der Waals surface area contributed by atoms with Crippen molar-refractivity contribution in [2.24, 2.45) is 5.73 Å². The summed E-state index contributed by atoms with van der Waals surface area (Å²) in [4.78, 5) is 10.7. The van der Waals surface area contributed by atoms with E-state index in [4.69, 9.17) is 10.8 Å². The van der Waals surface area contributed by atoms with Gasteiger partial charge in [0.05, 0.1) is 0 Å². The zero-order valence-corrected chi connectivity index (χ0v) is 5.05. The van der Waals surface area contributed by atoms with Crippen molar-refractivity contribution < 1.29 is 9.90 Å². The number of nitrogens with two attached hydrogens (primary N) is 1. The Labute approximate surface area is 53.2 Å². The van der Waals surface area contributed by atoms with Gasteiger partial charge in [0, 0.05) is 25.0 Å². The number of aliphatic hydroxyl groups excluding tert-OH is 1. The molecule has 1 aliphatic rings. The van der Waals surface area contributed by atoms with Gasteiger partial charge in [-0.2, -0.15) is 0 Å². The Morgan fingerprint density at radius 3 is 2.44 bits per heavy atom. The summed E-state index contributed by atoms with van der Waals surface area (Å²) >= 11 is 0. The summed E-state index contributed by atoms with van der Waals surface area (Å²) < 4.78 is 0. The number of Topliss-reactive ketones (excluding diaryl/α,β-unsaturated/α-hetero) is 1. The van der Waals surface area contributed by atoms with E-state index < -0.39 is 0 Å². The molecule has 1 rings (SSSR count). The lowest BCUT2D eigenvalue weighted by atomic mass is 10.2. The maximum Gasteiger partial charge on any atom is 0.163 e. The van der Waals surface area contributed by atoms with E-state index in [1.165, 1.54) is 0 Å². The number of ketones is 1. The van der Waals surface area contributed by atoms with Crippen molar-refractivity contribution >= 4 is 5.78 Å². The third-order valence-corrected chi connectivity index (χ3v) is 1.48. The second kappa shape index (κ2) is 2.19. The highest BCUT2D eigenvalue weighted by atomic mass is 16.3. The van der Waals surface area contributed by atoms with Crippen LogP contribution in [-0.4, -0.2) is 17.4 Å². The van der Waals surface area contributed by atoms with Gasteiger partial charge >= 0.3 is 0 Å². The minimum atomic E-state index is -0.00463. The van der Waals surface area contributed by atoms with Gasteiger partial charge in [0.2, 0.25) is 0 Å². The van der Waals surface area contributed by atoms with Gasteiger partial charge in [-0.05, 0) is 0 Å². The summed E-state index contributed by atoms with van der Waals surface area (Å²) in [6.07, 6.45) is 0.906. The Morgan fingerprint density at radius 1 is 1.56 bits per heavy atom. The third kappa shape index (κ3) is 0.954. The van der Waals surface area contributed by atoms with Crippen LogP contribution in [0.15, 0.2) is 11.3 Å². The summed E-state index contributed by atoms with van der Waals surface area (Å²) in [5, 5.41) is 8.94. The number of hydrogen-bond acceptors (Lipinski definition) is 3. The molecule has 0 saturated heterocycles. The van der Waals surface area contributed by atoms with E-state index in [0.717, 1.165) is 0 Å². The van der Waals surface area contributed by atoms with Crippen LogP contribution in [0.4, 0.5) is 0 Å². The first-order valence-electron chi connectivity index (χ1n) is 2.90. The van der Waals surface area contributed by atoms with Crippen LogP contribution >= 0.6 is 0 Å². The van der Waals surface area contributed by atoms with Crippen molar-refractivity contribution in [3.8, 4) is 0 Å². The summed E-state index contributed by atoms with van der Waals surface area (Å²) in [6, 6.07) is 0. The first-order chi connectivity index (χ1) is 4.25. The summed E-state index contributed by atoms with van der Waals surface area (Å²) in [5.41, 5.74) is 5.59. The van der Waals surface area contributed by atoms with Crippen LogP contribution in [0.2, 0.25) is 0 Å². The van der Waals surface area contributed by atoms with Crippen molar-refractivity contribution in [3.63, 3.8) is 0 Å². The standard InChI is InChI=1S/C6H9NO2/c7-3-4-5(8)1-2-6(4)9/h8H,1-3,7H2. The van der Waals surface area contributed by atoms with E-state index in [2.05, 4.69) is 0 Å². The molecule has 50 valence electrons. The van der Waals surface area contributed by atoms with Crippen LogP contribution in [0.25, 0.3) is 0 Å². The largest absolute Gasteiger partial charge is 0.512 e. The molecular weight excluding hydrogens is 118 g/mol. The predicted octanol–water partition coefficient (Wildman–Crippen LogP) is 0.120. The molecule has 0 unspecified atom stereocenters.